The van der Waals surface area contributed by atoms with Crippen LogP contribution >= 0.6 is 22.6 Å². The molecule has 0 amide bonds. The Labute approximate surface area is 117 Å². The van der Waals surface area contributed by atoms with E-state index in [-0.39, 0.29) is 0 Å². The van der Waals surface area contributed by atoms with E-state index in [1.807, 2.05) is 0 Å². The highest BCUT2D eigenvalue weighted by molar-refractivity contribution is 14.1. The molecule has 2 aromatic rings. The first-order valence-corrected chi connectivity index (χ1v) is 6.83. The van der Waals surface area contributed by atoms with Crippen LogP contribution in [0.5, 0.6) is 0 Å². The summed E-state index contributed by atoms with van der Waals surface area (Å²) in [5.41, 5.74) is 2.64. The van der Waals surface area contributed by atoms with Crippen LogP contribution in [0.1, 0.15) is 24.0 Å². The topological polar surface area (TPSA) is 0 Å². The molecule has 0 aromatic heterocycles. The van der Waals surface area contributed by atoms with Crippen molar-refractivity contribution in [2.45, 2.75) is 12.8 Å². The van der Waals surface area contributed by atoms with Gasteiger partial charge in [0.25, 0.3) is 0 Å². The van der Waals surface area contributed by atoms with E-state index >= 15 is 0 Å². The third kappa shape index (κ3) is 3.43. The van der Waals surface area contributed by atoms with Gasteiger partial charge in [0.1, 0.15) is 0 Å². The fraction of sp³-hybridized carbons (Fsp3) is 0.125. The Hall–Kier alpha value is -1.09. The first-order valence-electron chi connectivity index (χ1n) is 5.75. The normalized spacial score (nSPS) is 12.8. The lowest BCUT2D eigenvalue weighted by Gasteiger charge is -2.06. The number of hydrogen-bond acceptors (Lipinski definition) is 0. The smallest absolute Gasteiger partial charge is 0.0202 e. The Balaban J connectivity index is 2.14. The van der Waals surface area contributed by atoms with Crippen LogP contribution in [-0.4, -0.2) is 0 Å². The number of allylic oxidation sites excluding steroid dienone is 1. The molecule has 0 N–H and O–H groups in total. The first-order chi connectivity index (χ1) is 8.27. The second-order valence-electron chi connectivity index (χ2n) is 4.08. The average molecular weight is 334 g/mol. The molecular weight excluding hydrogens is 319 g/mol. The van der Waals surface area contributed by atoms with Gasteiger partial charge >= 0.3 is 0 Å². The molecule has 0 spiro atoms. The third-order valence-electron chi connectivity index (χ3n) is 2.80. The van der Waals surface area contributed by atoms with Crippen LogP contribution in [0.3, 0.4) is 0 Å². The largest absolute Gasteiger partial charge is 0.0767 e. The van der Waals surface area contributed by atoms with Gasteiger partial charge in [0.15, 0.2) is 0 Å². The number of benzene rings is 2. The van der Waals surface area contributed by atoms with Gasteiger partial charge in [-0.25, -0.2) is 0 Å². The molecule has 1 heteroatoms. The Morgan fingerprint density at radius 3 is 2.29 bits per heavy atom. The van der Waals surface area contributed by atoms with Gasteiger partial charge in [-0.05, 0) is 45.7 Å². The van der Waals surface area contributed by atoms with Gasteiger partial charge in [0, 0.05) is 3.57 Å². The van der Waals surface area contributed by atoms with E-state index in [0.29, 0.717) is 5.92 Å². The minimum absolute atomic E-state index is 0.451. The molecule has 0 saturated heterocycles. The lowest BCUT2D eigenvalue weighted by atomic mass is 10.00. The van der Waals surface area contributed by atoms with Crippen molar-refractivity contribution in [2.75, 3.05) is 0 Å². The molecule has 0 aliphatic heterocycles. The van der Waals surface area contributed by atoms with E-state index in [1.54, 1.807) is 0 Å². The molecule has 0 saturated carbocycles. The quantitative estimate of drug-likeness (QED) is 0.685. The van der Waals surface area contributed by atoms with E-state index in [1.165, 1.54) is 14.7 Å². The van der Waals surface area contributed by atoms with Crippen molar-refractivity contribution in [3.8, 4) is 0 Å². The lowest BCUT2D eigenvalue weighted by molar-refractivity contribution is 0.973. The maximum Gasteiger partial charge on any atom is 0.0202 e. The summed E-state index contributed by atoms with van der Waals surface area (Å²) < 4.78 is 1.29. The molecule has 1 atom stereocenters. The molecule has 17 heavy (non-hydrogen) atoms. The second-order valence-corrected chi connectivity index (χ2v) is 5.24. The van der Waals surface area contributed by atoms with E-state index < -0.39 is 0 Å². The summed E-state index contributed by atoms with van der Waals surface area (Å²) in [4.78, 5) is 0. The maximum absolute atomic E-state index is 2.37. The summed E-state index contributed by atoms with van der Waals surface area (Å²) in [5, 5.41) is 0. The molecular formula is C16H15I. The van der Waals surface area contributed by atoms with Gasteiger partial charge in [-0.15, -0.1) is 0 Å². The van der Waals surface area contributed by atoms with Crippen molar-refractivity contribution in [2.24, 2.45) is 0 Å². The SMILES string of the molecule is CC(C=Cc1ccccc1I)c1ccccc1. The molecule has 2 rings (SSSR count). The van der Waals surface area contributed by atoms with Crippen LogP contribution in [-0.2, 0) is 0 Å². The fourth-order valence-electron chi connectivity index (χ4n) is 1.73. The Kier molecular flexibility index (Phi) is 4.37. The zero-order valence-electron chi connectivity index (χ0n) is 9.81. The number of halogens is 1. The van der Waals surface area contributed by atoms with E-state index in [2.05, 4.69) is 96.3 Å². The van der Waals surface area contributed by atoms with Crippen LogP contribution in [0.4, 0.5) is 0 Å². The molecule has 0 nitrogen and oxygen atoms in total. The molecule has 0 aliphatic carbocycles. The third-order valence-corrected chi connectivity index (χ3v) is 3.78. The summed E-state index contributed by atoms with van der Waals surface area (Å²) in [6, 6.07) is 19.0. The van der Waals surface area contributed by atoms with Gasteiger partial charge in [-0.1, -0.05) is 67.6 Å². The van der Waals surface area contributed by atoms with Gasteiger partial charge < -0.3 is 0 Å². The van der Waals surface area contributed by atoms with E-state index in [0.717, 1.165) is 0 Å². The van der Waals surface area contributed by atoms with Gasteiger partial charge in [0.05, 0.1) is 0 Å². The molecule has 0 radical (unpaired) electrons. The van der Waals surface area contributed by atoms with Crippen molar-refractivity contribution in [1.82, 2.24) is 0 Å². The zero-order chi connectivity index (χ0) is 12.1. The summed E-state index contributed by atoms with van der Waals surface area (Å²) in [6.45, 7) is 2.22. The molecule has 86 valence electrons. The maximum atomic E-state index is 2.37. The lowest BCUT2D eigenvalue weighted by Crippen LogP contribution is -1.88. The minimum Gasteiger partial charge on any atom is -0.0767 e. The molecule has 0 fully saturated rings. The Morgan fingerprint density at radius 2 is 1.59 bits per heavy atom. The van der Waals surface area contributed by atoms with Crippen molar-refractivity contribution in [3.05, 3.63) is 75.4 Å². The van der Waals surface area contributed by atoms with Crippen LogP contribution < -0.4 is 0 Å². The number of rotatable bonds is 3. The number of hydrogen-bond donors (Lipinski definition) is 0. The van der Waals surface area contributed by atoms with Crippen molar-refractivity contribution < 1.29 is 0 Å². The fourth-order valence-corrected chi connectivity index (χ4v) is 2.29. The predicted octanol–water partition coefficient (Wildman–Crippen LogP) is 5.11. The van der Waals surface area contributed by atoms with Gasteiger partial charge in [0.2, 0.25) is 0 Å². The van der Waals surface area contributed by atoms with Crippen molar-refractivity contribution >= 4 is 28.7 Å². The van der Waals surface area contributed by atoms with Gasteiger partial charge in [-0.2, -0.15) is 0 Å². The van der Waals surface area contributed by atoms with E-state index in [9.17, 15) is 0 Å². The van der Waals surface area contributed by atoms with Crippen molar-refractivity contribution in [1.29, 1.82) is 0 Å². The molecule has 0 aliphatic rings. The van der Waals surface area contributed by atoms with Crippen LogP contribution in [0.15, 0.2) is 60.7 Å². The molecule has 2 aromatic carbocycles. The van der Waals surface area contributed by atoms with E-state index in [4.69, 9.17) is 0 Å². The highest BCUT2D eigenvalue weighted by Gasteiger charge is 2.00. The average Bonchev–Trinajstić information content (AvgIpc) is 2.38. The first kappa shape index (κ1) is 12.4. The highest BCUT2D eigenvalue weighted by atomic mass is 127. The highest BCUT2D eigenvalue weighted by Crippen LogP contribution is 2.19. The second kappa shape index (κ2) is 6.01. The monoisotopic (exact) mass is 334 g/mol. The molecule has 0 bridgehead atoms. The standard InChI is InChI=1S/C16H15I/c1-13(14-7-3-2-4-8-14)11-12-15-9-5-6-10-16(15)17/h2-13H,1H3. The summed E-state index contributed by atoms with van der Waals surface area (Å²) >= 11 is 2.37. The van der Waals surface area contributed by atoms with Crippen LogP contribution in [0.2, 0.25) is 0 Å². The summed E-state index contributed by atoms with van der Waals surface area (Å²) in [7, 11) is 0. The summed E-state index contributed by atoms with van der Waals surface area (Å²) in [6.07, 6.45) is 4.46. The van der Waals surface area contributed by atoms with Gasteiger partial charge in [-0.3, -0.25) is 0 Å². The van der Waals surface area contributed by atoms with Crippen molar-refractivity contribution in [3.63, 3.8) is 0 Å². The Bertz CT molecular complexity index is 500. The van der Waals surface area contributed by atoms with Crippen LogP contribution in [0.25, 0.3) is 6.08 Å². The Morgan fingerprint density at radius 1 is 0.941 bits per heavy atom. The van der Waals surface area contributed by atoms with Crippen LogP contribution in [0, 0.1) is 3.57 Å². The minimum atomic E-state index is 0.451. The predicted molar refractivity (Wildman–Crippen MR) is 83.1 cm³/mol. The zero-order valence-corrected chi connectivity index (χ0v) is 12.0. The molecule has 1 unspecified atom stereocenters. The summed E-state index contributed by atoms with van der Waals surface area (Å²) in [5.74, 6) is 0.451. The molecule has 0 heterocycles.